The van der Waals surface area contributed by atoms with E-state index in [4.69, 9.17) is 10.8 Å². The highest BCUT2D eigenvalue weighted by molar-refractivity contribution is 5.65. The molecule has 1 aromatic rings. The molecule has 6 heteroatoms. The number of nitrogen functional groups attached to an aromatic ring is 1. The molecule has 0 bridgehead atoms. The van der Waals surface area contributed by atoms with Crippen LogP contribution in [0.15, 0.2) is 18.3 Å². The van der Waals surface area contributed by atoms with Crippen molar-refractivity contribution in [3.8, 4) is 0 Å². The summed E-state index contributed by atoms with van der Waals surface area (Å²) < 4.78 is 0. The zero-order valence-electron chi connectivity index (χ0n) is 8.83. The molecule has 16 heavy (non-hydrogen) atoms. The van der Waals surface area contributed by atoms with E-state index in [0.717, 1.165) is 5.69 Å². The van der Waals surface area contributed by atoms with Crippen molar-refractivity contribution in [1.29, 1.82) is 0 Å². The molecule has 86 valence electrons. The Hall–Kier alpha value is -1.98. The van der Waals surface area contributed by atoms with E-state index < -0.39 is 6.09 Å². The normalized spacial score (nSPS) is 16.2. The Labute approximate surface area is 93.3 Å². The lowest BCUT2D eigenvalue weighted by molar-refractivity contribution is 0.142. The highest BCUT2D eigenvalue weighted by Gasteiger charge is 2.20. The van der Waals surface area contributed by atoms with Crippen LogP contribution in [-0.2, 0) is 0 Å². The summed E-state index contributed by atoms with van der Waals surface area (Å²) in [6, 6.07) is 3.68. The molecule has 1 amide bonds. The molecule has 6 nitrogen and oxygen atoms in total. The standard InChI is InChI=1S/C10H14N4O2/c11-9-7-8(1-2-12-9)13-3-5-14(6-4-13)10(15)16/h1-2,7H,3-6H2,(H2,11,12)(H,15,16). The fourth-order valence-electron chi connectivity index (χ4n) is 1.79. The van der Waals surface area contributed by atoms with Crippen LogP contribution in [0.1, 0.15) is 0 Å². The van der Waals surface area contributed by atoms with Crippen LogP contribution in [0.4, 0.5) is 16.3 Å². The molecule has 2 rings (SSSR count). The van der Waals surface area contributed by atoms with Gasteiger partial charge in [-0.2, -0.15) is 0 Å². The van der Waals surface area contributed by atoms with Gasteiger partial charge in [0.05, 0.1) is 0 Å². The van der Waals surface area contributed by atoms with Crippen molar-refractivity contribution in [3.63, 3.8) is 0 Å². The predicted molar refractivity (Wildman–Crippen MR) is 60.5 cm³/mol. The molecule has 2 heterocycles. The number of pyridine rings is 1. The van der Waals surface area contributed by atoms with Gasteiger partial charge in [-0.15, -0.1) is 0 Å². The van der Waals surface area contributed by atoms with Crippen molar-refractivity contribution in [3.05, 3.63) is 18.3 Å². The summed E-state index contributed by atoms with van der Waals surface area (Å²) in [5.41, 5.74) is 6.60. The smallest absolute Gasteiger partial charge is 0.407 e. The Morgan fingerprint density at radius 2 is 2.06 bits per heavy atom. The van der Waals surface area contributed by atoms with Gasteiger partial charge in [-0.05, 0) is 6.07 Å². The lowest BCUT2D eigenvalue weighted by atomic mass is 10.2. The number of anilines is 2. The number of hydrogen-bond donors (Lipinski definition) is 2. The zero-order chi connectivity index (χ0) is 11.5. The third-order valence-corrected chi connectivity index (χ3v) is 2.68. The number of piperazine rings is 1. The van der Waals surface area contributed by atoms with E-state index in [1.54, 1.807) is 12.3 Å². The lowest BCUT2D eigenvalue weighted by Crippen LogP contribution is -2.48. The fourth-order valence-corrected chi connectivity index (χ4v) is 1.79. The van der Waals surface area contributed by atoms with Crippen molar-refractivity contribution >= 4 is 17.6 Å². The first-order valence-corrected chi connectivity index (χ1v) is 5.11. The maximum Gasteiger partial charge on any atom is 0.407 e. The average Bonchev–Trinajstić information content (AvgIpc) is 2.29. The van der Waals surface area contributed by atoms with Crippen molar-refractivity contribution in [2.24, 2.45) is 0 Å². The van der Waals surface area contributed by atoms with Crippen LogP contribution < -0.4 is 10.6 Å². The summed E-state index contributed by atoms with van der Waals surface area (Å²) in [5, 5.41) is 8.82. The van der Waals surface area contributed by atoms with E-state index >= 15 is 0 Å². The summed E-state index contributed by atoms with van der Waals surface area (Å²) in [5.74, 6) is 0.484. The minimum absolute atomic E-state index is 0.484. The van der Waals surface area contributed by atoms with E-state index in [9.17, 15) is 4.79 Å². The van der Waals surface area contributed by atoms with Gasteiger partial charge in [0.25, 0.3) is 0 Å². The molecule has 1 aromatic heterocycles. The minimum atomic E-state index is -0.853. The molecule has 0 spiro atoms. The van der Waals surface area contributed by atoms with Crippen molar-refractivity contribution in [2.45, 2.75) is 0 Å². The molecule has 3 N–H and O–H groups in total. The topological polar surface area (TPSA) is 82.7 Å². The first kappa shape index (κ1) is 10.5. The number of hydrogen-bond acceptors (Lipinski definition) is 4. The van der Waals surface area contributed by atoms with Gasteiger partial charge >= 0.3 is 6.09 Å². The number of nitrogens with zero attached hydrogens (tertiary/aromatic N) is 3. The largest absolute Gasteiger partial charge is 0.465 e. The van der Waals surface area contributed by atoms with Crippen LogP contribution in [-0.4, -0.2) is 47.3 Å². The van der Waals surface area contributed by atoms with Crippen LogP contribution in [0.25, 0.3) is 0 Å². The van der Waals surface area contributed by atoms with Crippen molar-refractivity contribution in [2.75, 3.05) is 36.8 Å². The predicted octanol–water partition coefficient (Wildman–Crippen LogP) is 0.464. The molecule has 1 fully saturated rings. The lowest BCUT2D eigenvalue weighted by Gasteiger charge is -2.34. The monoisotopic (exact) mass is 222 g/mol. The number of carbonyl (C=O) groups is 1. The molecule has 1 aliphatic heterocycles. The van der Waals surface area contributed by atoms with Crippen LogP contribution in [0.3, 0.4) is 0 Å². The van der Waals surface area contributed by atoms with Crippen molar-refractivity contribution < 1.29 is 9.90 Å². The number of aromatic nitrogens is 1. The Balaban J connectivity index is 2.01. The molecule has 0 unspecified atom stereocenters. The van der Waals surface area contributed by atoms with Gasteiger partial charge in [0.2, 0.25) is 0 Å². The van der Waals surface area contributed by atoms with Crippen LogP contribution in [0.5, 0.6) is 0 Å². The summed E-state index contributed by atoms with van der Waals surface area (Å²) in [6.45, 7) is 2.43. The van der Waals surface area contributed by atoms with Crippen LogP contribution >= 0.6 is 0 Å². The summed E-state index contributed by atoms with van der Waals surface area (Å²) >= 11 is 0. The zero-order valence-corrected chi connectivity index (χ0v) is 8.83. The van der Waals surface area contributed by atoms with E-state index in [1.807, 2.05) is 6.07 Å². The third-order valence-electron chi connectivity index (χ3n) is 2.68. The minimum Gasteiger partial charge on any atom is -0.465 e. The first-order valence-electron chi connectivity index (χ1n) is 5.11. The van der Waals surface area contributed by atoms with Crippen molar-refractivity contribution in [1.82, 2.24) is 9.88 Å². The summed E-state index contributed by atoms with van der Waals surface area (Å²) in [4.78, 5) is 18.2. The number of nitrogens with two attached hydrogens (primary N) is 1. The van der Waals surface area contributed by atoms with Gasteiger partial charge < -0.3 is 20.6 Å². The second-order valence-corrected chi connectivity index (χ2v) is 3.70. The quantitative estimate of drug-likeness (QED) is 0.721. The number of rotatable bonds is 1. The molecular formula is C10H14N4O2. The molecule has 0 aromatic carbocycles. The Morgan fingerprint density at radius 3 is 2.62 bits per heavy atom. The Bertz CT molecular complexity index is 388. The van der Waals surface area contributed by atoms with E-state index in [2.05, 4.69) is 9.88 Å². The molecule has 0 aliphatic carbocycles. The van der Waals surface area contributed by atoms with Gasteiger partial charge in [0, 0.05) is 44.1 Å². The third kappa shape index (κ3) is 2.16. The van der Waals surface area contributed by atoms with Gasteiger partial charge in [-0.25, -0.2) is 9.78 Å². The van der Waals surface area contributed by atoms with Gasteiger partial charge in [0.1, 0.15) is 5.82 Å². The Kier molecular flexibility index (Phi) is 2.80. The maximum absolute atomic E-state index is 10.7. The van der Waals surface area contributed by atoms with Crippen LogP contribution in [0, 0.1) is 0 Å². The molecular weight excluding hydrogens is 208 g/mol. The van der Waals surface area contributed by atoms with Gasteiger partial charge in [-0.3, -0.25) is 0 Å². The summed E-state index contributed by atoms with van der Waals surface area (Å²) in [6.07, 6.45) is 0.808. The van der Waals surface area contributed by atoms with Crippen LogP contribution in [0.2, 0.25) is 0 Å². The fraction of sp³-hybridized carbons (Fsp3) is 0.400. The average molecular weight is 222 g/mol. The summed E-state index contributed by atoms with van der Waals surface area (Å²) in [7, 11) is 0. The molecule has 1 saturated heterocycles. The molecule has 0 saturated carbocycles. The molecule has 0 radical (unpaired) electrons. The van der Waals surface area contributed by atoms with E-state index in [-0.39, 0.29) is 0 Å². The van der Waals surface area contributed by atoms with Gasteiger partial charge in [-0.1, -0.05) is 0 Å². The maximum atomic E-state index is 10.7. The highest BCUT2D eigenvalue weighted by atomic mass is 16.4. The molecule has 0 atom stereocenters. The second-order valence-electron chi connectivity index (χ2n) is 3.70. The number of amides is 1. The number of carboxylic acid groups (broad SMARTS) is 1. The SMILES string of the molecule is Nc1cc(N2CCN(C(=O)O)CC2)ccn1. The second kappa shape index (κ2) is 4.26. The first-order chi connectivity index (χ1) is 7.66. The van der Waals surface area contributed by atoms with E-state index in [1.165, 1.54) is 4.90 Å². The Morgan fingerprint density at radius 1 is 1.38 bits per heavy atom. The molecule has 1 aliphatic rings. The van der Waals surface area contributed by atoms with E-state index in [0.29, 0.717) is 32.0 Å². The van der Waals surface area contributed by atoms with Gasteiger partial charge in [0.15, 0.2) is 0 Å². The highest BCUT2D eigenvalue weighted by Crippen LogP contribution is 2.17.